The van der Waals surface area contributed by atoms with Crippen molar-refractivity contribution in [3.05, 3.63) is 58.8 Å². The van der Waals surface area contributed by atoms with Gasteiger partial charge in [0.2, 0.25) is 10.0 Å². The standard InChI is InChI=1S/C21H24N2O5S/c1-13-5-6-14(2)19(11-13)29(25,26)23-10-9-22-21(24)20-15(3)28-18-8-7-16(27-4)12-17(18)20/h5-8,11-12,23H,9-10H2,1-4H3,(H,22,24). The number of fused-ring (bicyclic) bond motifs is 1. The summed E-state index contributed by atoms with van der Waals surface area (Å²) < 4.78 is 38.4. The summed E-state index contributed by atoms with van der Waals surface area (Å²) in [5.41, 5.74) is 2.53. The van der Waals surface area contributed by atoms with Gasteiger partial charge in [-0.2, -0.15) is 0 Å². The molecule has 3 aromatic rings. The van der Waals surface area contributed by atoms with Crippen LogP contribution in [0.2, 0.25) is 0 Å². The van der Waals surface area contributed by atoms with Crippen LogP contribution in [0.15, 0.2) is 45.7 Å². The van der Waals surface area contributed by atoms with Gasteiger partial charge in [-0.05, 0) is 56.2 Å². The van der Waals surface area contributed by atoms with Gasteiger partial charge in [-0.15, -0.1) is 0 Å². The fourth-order valence-electron chi connectivity index (χ4n) is 3.13. The van der Waals surface area contributed by atoms with Crippen LogP contribution < -0.4 is 14.8 Å². The van der Waals surface area contributed by atoms with Crippen LogP contribution in [0.25, 0.3) is 11.0 Å². The summed E-state index contributed by atoms with van der Waals surface area (Å²) in [5.74, 6) is 0.774. The van der Waals surface area contributed by atoms with E-state index < -0.39 is 10.0 Å². The molecule has 0 saturated carbocycles. The van der Waals surface area contributed by atoms with Crippen LogP contribution in [-0.2, 0) is 10.0 Å². The lowest BCUT2D eigenvalue weighted by molar-refractivity contribution is 0.0954. The molecule has 0 aliphatic carbocycles. The largest absolute Gasteiger partial charge is 0.497 e. The van der Waals surface area contributed by atoms with Crippen molar-refractivity contribution in [2.24, 2.45) is 0 Å². The van der Waals surface area contributed by atoms with Crippen molar-refractivity contribution in [2.45, 2.75) is 25.7 Å². The van der Waals surface area contributed by atoms with E-state index in [9.17, 15) is 13.2 Å². The molecule has 7 nitrogen and oxygen atoms in total. The van der Waals surface area contributed by atoms with E-state index in [0.717, 1.165) is 5.56 Å². The van der Waals surface area contributed by atoms with Gasteiger partial charge in [-0.1, -0.05) is 12.1 Å². The molecule has 2 N–H and O–H groups in total. The number of ether oxygens (including phenoxy) is 1. The SMILES string of the molecule is COc1ccc2oc(C)c(C(=O)NCCNS(=O)(=O)c3cc(C)ccc3C)c2c1. The van der Waals surface area contributed by atoms with E-state index in [4.69, 9.17) is 9.15 Å². The Morgan fingerprint density at radius 2 is 1.83 bits per heavy atom. The Bertz CT molecular complexity index is 1170. The number of methoxy groups -OCH3 is 1. The smallest absolute Gasteiger partial charge is 0.255 e. The van der Waals surface area contributed by atoms with Gasteiger partial charge in [0, 0.05) is 18.5 Å². The van der Waals surface area contributed by atoms with E-state index >= 15 is 0 Å². The topological polar surface area (TPSA) is 97.6 Å². The minimum absolute atomic E-state index is 0.0691. The monoisotopic (exact) mass is 416 g/mol. The Labute approximate surface area is 170 Å². The van der Waals surface area contributed by atoms with Crippen molar-refractivity contribution in [3.8, 4) is 5.75 Å². The molecule has 3 rings (SSSR count). The number of amides is 1. The van der Waals surface area contributed by atoms with Gasteiger partial charge in [-0.3, -0.25) is 4.79 Å². The van der Waals surface area contributed by atoms with Crippen LogP contribution in [0.5, 0.6) is 5.75 Å². The maximum atomic E-state index is 12.6. The molecule has 0 saturated heterocycles. The second kappa shape index (κ2) is 8.26. The number of rotatable bonds is 7. The van der Waals surface area contributed by atoms with Crippen molar-refractivity contribution in [1.29, 1.82) is 0 Å². The number of benzene rings is 2. The third kappa shape index (κ3) is 4.44. The Hall–Kier alpha value is -2.84. The maximum absolute atomic E-state index is 12.6. The highest BCUT2D eigenvalue weighted by molar-refractivity contribution is 7.89. The first-order valence-corrected chi connectivity index (χ1v) is 10.6. The van der Waals surface area contributed by atoms with Crippen LogP contribution in [-0.4, -0.2) is 34.5 Å². The lowest BCUT2D eigenvalue weighted by Crippen LogP contribution is -2.35. The average Bonchev–Trinajstić information content (AvgIpc) is 3.01. The fourth-order valence-corrected chi connectivity index (χ4v) is 4.49. The normalized spacial score (nSPS) is 11.6. The highest BCUT2D eigenvalue weighted by Crippen LogP contribution is 2.28. The summed E-state index contributed by atoms with van der Waals surface area (Å²) in [6.07, 6.45) is 0. The molecular formula is C21H24N2O5S. The predicted octanol–water partition coefficient (Wildman–Crippen LogP) is 3.07. The van der Waals surface area contributed by atoms with E-state index in [0.29, 0.717) is 33.6 Å². The minimum Gasteiger partial charge on any atom is -0.497 e. The molecule has 0 unspecified atom stereocenters. The quantitative estimate of drug-likeness (QED) is 0.577. The van der Waals surface area contributed by atoms with Gasteiger partial charge >= 0.3 is 0 Å². The third-order valence-corrected chi connectivity index (χ3v) is 6.24. The first-order valence-electron chi connectivity index (χ1n) is 9.15. The van der Waals surface area contributed by atoms with E-state index in [-0.39, 0.29) is 23.9 Å². The molecule has 29 heavy (non-hydrogen) atoms. The summed E-state index contributed by atoms with van der Waals surface area (Å²) in [4.78, 5) is 12.9. The van der Waals surface area contributed by atoms with E-state index in [1.54, 1.807) is 51.3 Å². The Morgan fingerprint density at radius 1 is 1.07 bits per heavy atom. The molecule has 0 radical (unpaired) electrons. The minimum atomic E-state index is -3.65. The number of hydrogen-bond acceptors (Lipinski definition) is 5. The molecule has 1 aromatic heterocycles. The molecule has 0 aliphatic rings. The number of sulfonamides is 1. The van der Waals surface area contributed by atoms with Crippen LogP contribution in [0.3, 0.4) is 0 Å². The number of carbonyl (C=O) groups is 1. The molecule has 2 aromatic carbocycles. The lowest BCUT2D eigenvalue weighted by Gasteiger charge is -2.11. The Balaban J connectivity index is 1.67. The van der Waals surface area contributed by atoms with E-state index in [1.165, 1.54) is 0 Å². The van der Waals surface area contributed by atoms with E-state index in [1.807, 2.05) is 13.0 Å². The van der Waals surface area contributed by atoms with Gasteiger partial charge in [0.15, 0.2) is 0 Å². The van der Waals surface area contributed by atoms with Crippen molar-refractivity contribution in [2.75, 3.05) is 20.2 Å². The first kappa shape index (κ1) is 20.9. The van der Waals surface area contributed by atoms with E-state index in [2.05, 4.69) is 10.0 Å². The summed E-state index contributed by atoms with van der Waals surface area (Å²) in [6, 6.07) is 10.5. The first-order chi connectivity index (χ1) is 13.7. The molecule has 0 atom stereocenters. The van der Waals surface area contributed by atoms with Crippen LogP contribution in [0, 0.1) is 20.8 Å². The number of aryl methyl sites for hydroxylation is 3. The van der Waals surface area contributed by atoms with Crippen molar-refractivity contribution in [3.63, 3.8) is 0 Å². The number of nitrogens with one attached hydrogen (secondary N) is 2. The summed E-state index contributed by atoms with van der Waals surface area (Å²) in [5, 5.41) is 3.39. The zero-order valence-electron chi connectivity index (χ0n) is 16.8. The third-order valence-electron chi connectivity index (χ3n) is 4.63. The van der Waals surface area contributed by atoms with Gasteiger partial charge in [-0.25, -0.2) is 13.1 Å². The Kier molecular flexibility index (Phi) is 5.95. The zero-order valence-corrected chi connectivity index (χ0v) is 17.6. The second-order valence-corrected chi connectivity index (χ2v) is 8.55. The fraction of sp³-hybridized carbons (Fsp3) is 0.286. The van der Waals surface area contributed by atoms with Crippen LogP contribution in [0.4, 0.5) is 0 Å². The number of carbonyl (C=O) groups excluding carboxylic acids is 1. The molecule has 0 fully saturated rings. The molecule has 1 heterocycles. The molecule has 8 heteroatoms. The lowest BCUT2D eigenvalue weighted by atomic mass is 10.1. The molecular weight excluding hydrogens is 392 g/mol. The zero-order chi connectivity index (χ0) is 21.2. The summed E-state index contributed by atoms with van der Waals surface area (Å²) in [7, 11) is -2.10. The van der Waals surface area contributed by atoms with Gasteiger partial charge < -0.3 is 14.5 Å². The van der Waals surface area contributed by atoms with Crippen LogP contribution in [0.1, 0.15) is 27.2 Å². The van der Waals surface area contributed by atoms with Crippen molar-refractivity contribution in [1.82, 2.24) is 10.0 Å². The molecule has 0 bridgehead atoms. The summed E-state index contributed by atoms with van der Waals surface area (Å²) in [6.45, 7) is 5.51. The molecule has 154 valence electrons. The second-order valence-electron chi connectivity index (χ2n) is 6.82. The van der Waals surface area contributed by atoms with Crippen LogP contribution >= 0.6 is 0 Å². The van der Waals surface area contributed by atoms with Gasteiger partial charge in [0.05, 0.1) is 17.6 Å². The van der Waals surface area contributed by atoms with Gasteiger partial charge in [0.1, 0.15) is 17.1 Å². The highest BCUT2D eigenvalue weighted by atomic mass is 32.2. The highest BCUT2D eigenvalue weighted by Gasteiger charge is 2.20. The maximum Gasteiger partial charge on any atom is 0.255 e. The summed E-state index contributed by atoms with van der Waals surface area (Å²) >= 11 is 0. The molecule has 1 amide bonds. The predicted molar refractivity (Wildman–Crippen MR) is 111 cm³/mol. The Morgan fingerprint density at radius 3 is 2.55 bits per heavy atom. The van der Waals surface area contributed by atoms with Gasteiger partial charge in [0.25, 0.3) is 5.91 Å². The van der Waals surface area contributed by atoms with Crippen molar-refractivity contribution < 1.29 is 22.4 Å². The molecule has 0 spiro atoms. The number of hydrogen-bond donors (Lipinski definition) is 2. The number of furan rings is 1. The van der Waals surface area contributed by atoms with Crippen molar-refractivity contribution >= 4 is 26.9 Å². The molecule has 0 aliphatic heterocycles. The average molecular weight is 416 g/mol.